The standard InChI is InChI=1S/C15H10N4OS2/c16-7-21-13-5-9(1-3-11(13)18)15(20)10-2-4-12(19)14(6-10)22-8-17/h1-6H,18-19H2. The van der Waals surface area contributed by atoms with Crippen molar-refractivity contribution in [3.05, 3.63) is 47.5 Å². The lowest BCUT2D eigenvalue weighted by Crippen LogP contribution is -2.03. The van der Waals surface area contributed by atoms with Crippen molar-refractivity contribution < 1.29 is 4.79 Å². The number of nitriles is 2. The van der Waals surface area contributed by atoms with Gasteiger partial charge in [0, 0.05) is 32.3 Å². The lowest BCUT2D eigenvalue weighted by atomic mass is 10.0. The molecule has 0 aliphatic heterocycles. The van der Waals surface area contributed by atoms with Crippen LogP contribution in [0.2, 0.25) is 0 Å². The Morgan fingerprint density at radius 1 is 0.864 bits per heavy atom. The molecule has 0 saturated carbocycles. The van der Waals surface area contributed by atoms with Gasteiger partial charge in [0.25, 0.3) is 0 Å². The van der Waals surface area contributed by atoms with Crippen molar-refractivity contribution in [1.82, 2.24) is 0 Å². The Balaban J connectivity index is 2.40. The third kappa shape index (κ3) is 3.34. The van der Waals surface area contributed by atoms with Crippen LogP contribution in [0.25, 0.3) is 0 Å². The van der Waals surface area contributed by atoms with E-state index >= 15 is 0 Å². The zero-order chi connectivity index (χ0) is 16.1. The number of benzene rings is 2. The third-order valence-electron chi connectivity index (χ3n) is 2.86. The largest absolute Gasteiger partial charge is 0.398 e. The van der Waals surface area contributed by atoms with Gasteiger partial charge in [-0.05, 0) is 59.9 Å². The second-order valence-corrected chi connectivity index (χ2v) is 5.87. The molecule has 0 aromatic heterocycles. The van der Waals surface area contributed by atoms with Gasteiger partial charge >= 0.3 is 0 Å². The van der Waals surface area contributed by atoms with E-state index in [9.17, 15) is 4.79 Å². The van der Waals surface area contributed by atoms with Gasteiger partial charge in [0.05, 0.1) is 0 Å². The molecule has 2 rings (SSSR count). The van der Waals surface area contributed by atoms with E-state index in [4.69, 9.17) is 22.0 Å². The minimum Gasteiger partial charge on any atom is -0.398 e. The molecular formula is C15H10N4OS2. The molecule has 0 bridgehead atoms. The van der Waals surface area contributed by atoms with E-state index < -0.39 is 0 Å². The van der Waals surface area contributed by atoms with Crippen LogP contribution in [0.3, 0.4) is 0 Å². The number of thiocyanates is 2. The van der Waals surface area contributed by atoms with Crippen molar-refractivity contribution in [1.29, 1.82) is 10.5 Å². The highest BCUT2D eigenvalue weighted by molar-refractivity contribution is 8.04. The summed E-state index contributed by atoms with van der Waals surface area (Å²) in [4.78, 5) is 13.6. The van der Waals surface area contributed by atoms with Crippen LogP contribution in [-0.4, -0.2) is 5.78 Å². The number of nitrogens with two attached hydrogens (primary N) is 2. The summed E-state index contributed by atoms with van der Waals surface area (Å²) in [6.45, 7) is 0. The second-order valence-electron chi connectivity index (χ2n) is 4.22. The molecule has 0 aliphatic rings. The maximum atomic E-state index is 12.5. The monoisotopic (exact) mass is 326 g/mol. The summed E-state index contributed by atoms with van der Waals surface area (Å²) in [5.41, 5.74) is 13.3. The van der Waals surface area contributed by atoms with Crippen molar-refractivity contribution in [2.45, 2.75) is 9.79 Å². The van der Waals surface area contributed by atoms with E-state index in [1.807, 2.05) is 10.8 Å². The Morgan fingerprint density at radius 2 is 1.27 bits per heavy atom. The molecule has 0 saturated heterocycles. The summed E-state index contributed by atoms with van der Waals surface area (Å²) in [5, 5.41) is 21.4. The van der Waals surface area contributed by atoms with Gasteiger partial charge in [0.2, 0.25) is 0 Å². The molecule has 0 heterocycles. The maximum Gasteiger partial charge on any atom is 0.193 e. The van der Waals surface area contributed by atoms with Crippen LogP contribution in [0.15, 0.2) is 46.2 Å². The van der Waals surface area contributed by atoms with Crippen LogP contribution in [0.4, 0.5) is 11.4 Å². The summed E-state index contributed by atoms with van der Waals surface area (Å²) >= 11 is 1.81. The Morgan fingerprint density at radius 3 is 1.64 bits per heavy atom. The molecule has 108 valence electrons. The van der Waals surface area contributed by atoms with Crippen LogP contribution in [-0.2, 0) is 0 Å². The van der Waals surface area contributed by atoms with E-state index in [0.29, 0.717) is 32.3 Å². The average Bonchev–Trinajstić information content (AvgIpc) is 2.51. The highest BCUT2D eigenvalue weighted by Gasteiger charge is 2.13. The fraction of sp³-hybridized carbons (Fsp3) is 0. The highest BCUT2D eigenvalue weighted by Crippen LogP contribution is 2.29. The van der Waals surface area contributed by atoms with Gasteiger partial charge < -0.3 is 11.5 Å². The first kappa shape index (κ1) is 15.8. The number of nitrogen functional groups attached to an aromatic ring is 2. The van der Waals surface area contributed by atoms with Crippen LogP contribution in [0, 0.1) is 21.3 Å². The molecule has 22 heavy (non-hydrogen) atoms. The van der Waals surface area contributed by atoms with Gasteiger partial charge in [-0.25, -0.2) is 0 Å². The number of rotatable bonds is 4. The fourth-order valence-electron chi connectivity index (χ4n) is 1.79. The smallest absolute Gasteiger partial charge is 0.193 e. The number of hydrogen-bond donors (Lipinski definition) is 2. The highest BCUT2D eigenvalue weighted by atomic mass is 32.2. The molecular weight excluding hydrogens is 316 g/mol. The molecule has 0 unspecified atom stereocenters. The average molecular weight is 326 g/mol. The van der Waals surface area contributed by atoms with Gasteiger partial charge in [0.15, 0.2) is 5.78 Å². The molecule has 2 aromatic carbocycles. The molecule has 0 radical (unpaired) electrons. The summed E-state index contributed by atoms with van der Waals surface area (Å²) in [6.07, 6.45) is 0. The molecule has 0 fully saturated rings. The molecule has 0 amide bonds. The van der Waals surface area contributed by atoms with Crippen LogP contribution >= 0.6 is 23.5 Å². The second kappa shape index (κ2) is 6.90. The predicted octanol–water partition coefficient (Wildman–Crippen LogP) is 3.23. The minimum absolute atomic E-state index is 0.223. The zero-order valence-electron chi connectivity index (χ0n) is 11.2. The number of ketones is 1. The Labute approximate surface area is 135 Å². The molecule has 4 N–H and O–H groups in total. The maximum absolute atomic E-state index is 12.5. The first-order chi connectivity index (χ1) is 10.6. The topological polar surface area (TPSA) is 117 Å². The number of hydrogen-bond acceptors (Lipinski definition) is 7. The first-order valence-corrected chi connectivity index (χ1v) is 7.65. The lowest BCUT2D eigenvalue weighted by molar-refractivity contribution is 0.103. The van der Waals surface area contributed by atoms with Gasteiger partial charge in [0.1, 0.15) is 10.8 Å². The summed E-state index contributed by atoms with van der Waals surface area (Å²) in [5.74, 6) is -0.223. The summed E-state index contributed by atoms with van der Waals surface area (Å²) in [7, 11) is 0. The molecule has 0 spiro atoms. The van der Waals surface area contributed by atoms with Gasteiger partial charge in [-0.15, -0.1) is 0 Å². The van der Waals surface area contributed by atoms with Crippen LogP contribution < -0.4 is 11.5 Å². The number of carbonyl (C=O) groups excluding carboxylic acids is 1. The van der Waals surface area contributed by atoms with Crippen LogP contribution in [0.1, 0.15) is 15.9 Å². The van der Waals surface area contributed by atoms with E-state index in [1.54, 1.807) is 36.4 Å². The lowest BCUT2D eigenvalue weighted by Gasteiger charge is -2.07. The molecule has 0 aliphatic carbocycles. The van der Waals surface area contributed by atoms with Gasteiger partial charge in [-0.3, -0.25) is 4.79 Å². The van der Waals surface area contributed by atoms with Crippen LogP contribution in [0.5, 0.6) is 0 Å². The molecule has 7 heteroatoms. The Kier molecular flexibility index (Phi) is 4.95. The third-order valence-corrected chi connectivity index (χ3v) is 4.19. The number of carbonyl (C=O) groups is 1. The SMILES string of the molecule is N#CSc1cc(C(=O)c2ccc(N)c(SC#N)c2)ccc1N. The Bertz CT molecular complexity index is 754. The Hall–Kier alpha value is -2.61. The van der Waals surface area contributed by atoms with Crippen molar-refractivity contribution >= 4 is 40.7 Å². The van der Waals surface area contributed by atoms with Crippen molar-refractivity contribution in [2.75, 3.05) is 11.5 Å². The fourth-order valence-corrected chi connectivity index (χ4v) is 2.73. The minimum atomic E-state index is -0.223. The summed E-state index contributed by atoms with van der Waals surface area (Å²) in [6, 6.07) is 9.56. The van der Waals surface area contributed by atoms with E-state index in [0.717, 1.165) is 23.5 Å². The van der Waals surface area contributed by atoms with Crippen molar-refractivity contribution in [3.8, 4) is 10.8 Å². The summed E-state index contributed by atoms with van der Waals surface area (Å²) < 4.78 is 0. The number of thioether (sulfide) groups is 2. The normalized spacial score (nSPS) is 9.73. The first-order valence-electron chi connectivity index (χ1n) is 6.02. The molecule has 2 aromatic rings. The van der Waals surface area contributed by atoms with Crippen molar-refractivity contribution in [3.63, 3.8) is 0 Å². The van der Waals surface area contributed by atoms with Gasteiger partial charge in [-0.1, -0.05) is 0 Å². The van der Waals surface area contributed by atoms with Gasteiger partial charge in [-0.2, -0.15) is 10.5 Å². The predicted molar refractivity (Wildman–Crippen MR) is 88.1 cm³/mol. The number of anilines is 2. The quantitative estimate of drug-likeness (QED) is 0.383. The van der Waals surface area contributed by atoms with E-state index in [-0.39, 0.29) is 5.78 Å². The molecule has 0 atom stereocenters. The van der Waals surface area contributed by atoms with E-state index in [2.05, 4.69) is 0 Å². The zero-order valence-corrected chi connectivity index (χ0v) is 12.9. The number of nitrogens with zero attached hydrogens (tertiary/aromatic N) is 2. The molecule has 5 nitrogen and oxygen atoms in total. The van der Waals surface area contributed by atoms with E-state index in [1.165, 1.54) is 0 Å². The van der Waals surface area contributed by atoms with Crippen molar-refractivity contribution in [2.24, 2.45) is 0 Å².